The molecule has 0 fully saturated rings. The summed E-state index contributed by atoms with van der Waals surface area (Å²) < 4.78 is 13.2. The van der Waals surface area contributed by atoms with Crippen molar-refractivity contribution >= 4 is 23.5 Å². The third-order valence-corrected chi connectivity index (χ3v) is 3.59. The molecule has 3 N–H and O–H groups in total. The maximum atomic E-state index is 13.2. The molecule has 1 aromatic carbocycles. The van der Waals surface area contributed by atoms with Crippen molar-refractivity contribution in [2.45, 2.75) is 13.0 Å². The van der Waals surface area contributed by atoms with E-state index in [9.17, 15) is 9.18 Å². The van der Waals surface area contributed by atoms with Gasteiger partial charge in [0, 0.05) is 19.8 Å². The summed E-state index contributed by atoms with van der Waals surface area (Å²) in [5.74, 6) is 0.369. The maximum absolute atomic E-state index is 13.2. The molecule has 1 aromatic heterocycles. The number of carbonyl (C=O) groups excluding carboxylic acids is 1. The van der Waals surface area contributed by atoms with Crippen LogP contribution in [-0.2, 0) is 4.79 Å². The molecule has 0 saturated carbocycles. The lowest BCUT2D eigenvalue weighted by atomic mass is 10.2. The summed E-state index contributed by atoms with van der Waals surface area (Å²) >= 11 is 0. The minimum atomic E-state index is -0.406. The number of hydrogen-bond acceptors (Lipinski definition) is 7. The van der Waals surface area contributed by atoms with Crippen LogP contribution in [0.3, 0.4) is 0 Å². The van der Waals surface area contributed by atoms with E-state index in [1.807, 2.05) is 6.92 Å². The highest BCUT2D eigenvalue weighted by Crippen LogP contribution is 2.17. The second-order valence-corrected chi connectivity index (χ2v) is 5.90. The summed E-state index contributed by atoms with van der Waals surface area (Å²) in [5, 5.41) is 2.65. The second-order valence-electron chi connectivity index (χ2n) is 5.90. The van der Waals surface area contributed by atoms with Gasteiger partial charge in [0.1, 0.15) is 5.82 Å². The van der Waals surface area contributed by atoms with E-state index in [2.05, 4.69) is 20.3 Å². The minimum absolute atomic E-state index is 0.0839. The van der Waals surface area contributed by atoms with Crippen molar-refractivity contribution < 1.29 is 9.18 Å². The van der Waals surface area contributed by atoms with Gasteiger partial charge in [-0.2, -0.15) is 15.0 Å². The Labute approximate surface area is 145 Å². The van der Waals surface area contributed by atoms with Gasteiger partial charge in [0.25, 0.3) is 0 Å². The summed E-state index contributed by atoms with van der Waals surface area (Å²) in [7, 11) is 5.38. The van der Waals surface area contributed by atoms with E-state index in [1.54, 1.807) is 37.0 Å². The zero-order valence-electron chi connectivity index (χ0n) is 14.7. The number of likely N-dealkylation sites (N-methyl/N-ethyl adjacent to an activating group) is 1. The SMILES string of the molecule is C[C@@H](c1nc(N)nc(N(C)C)n1)N(C)CC(=O)Nc1cccc(F)c1. The highest BCUT2D eigenvalue weighted by Gasteiger charge is 2.19. The molecule has 0 unspecified atom stereocenters. The zero-order chi connectivity index (χ0) is 18.6. The highest BCUT2D eigenvalue weighted by atomic mass is 19.1. The molecule has 1 amide bonds. The Kier molecular flexibility index (Phi) is 5.81. The first kappa shape index (κ1) is 18.5. The standard InChI is InChI=1S/C16H22FN7O/c1-10(14-20-15(18)22-16(21-14)23(2)3)24(4)9-13(25)19-12-7-5-6-11(17)8-12/h5-8,10H,9H2,1-4H3,(H,19,25)(H2,18,20,21,22)/t10-/m0/s1. The number of benzene rings is 1. The van der Waals surface area contributed by atoms with Gasteiger partial charge in [0.15, 0.2) is 5.82 Å². The average Bonchev–Trinajstić information content (AvgIpc) is 2.53. The summed E-state index contributed by atoms with van der Waals surface area (Å²) in [6, 6.07) is 5.48. The Bertz CT molecular complexity index is 753. The van der Waals surface area contributed by atoms with Gasteiger partial charge in [-0.15, -0.1) is 0 Å². The Hall–Kier alpha value is -2.81. The summed E-state index contributed by atoms with van der Waals surface area (Å²) in [5.41, 5.74) is 6.14. The maximum Gasteiger partial charge on any atom is 0.238 e. The van der Waals surface area contributed by atoms with Gasteiger partial charge in [-0.3, -0.25) is 9.69 Å². The van der Waals surface area contributed by atoms with Crippen molar-refractivity contribution in [1.29, 1.82) is 0 Å². The second kappa shape index (κ2) is 7.84. The molecular weight excluding hydrogens is 325 g/mol. The molecule has 9 heteroatoms. The molecule has 0 aliphatic carbocycles. The van der Waals surface area contributed by atoms with Crippen LogP contribution in [0.15, 0.2) is 24.3 Å². The van der Waals surface area contributed by atoms with Gasteiger partial charge < -0.3 is 16.0 Å². The van der Waals surface area contributed by atoms with E-state index in [1.165, 1.54) is 18.2 Å². The number of nitrogen functional groups attached to an aromatic ring is 1. The number of nitrogens with zero attached hydrogens (tertiary/aromatic N) is 5. The molecule has 1 atom stereocenters. The third kappa shape index (κ3) is 5.08. The molecule has 8 nitrogen and oxygen atoms in total. The molecule has 0 bridgehead atoms. The van der Waals surface area contributed by atoms with Crippen molar-refractivity contribution in [2.75, 3.05) is 43.6 Å². The van der Waals surface area contributed by atoms with Gasteiger partial charge in [-0.05, 0) is 32.2 Å². The number of hydrogen-bond donors (Lipinski definition) is 2. The first-order valence-corrected chi connectivity index (χ1v) is 7.70. The Balaban J connectivity index is 2.04. The molecule has 25 heavy (non-hydrogen) atoms. The molecule has 1 heterocycles. The first-order chi connectivity index (χ1) is 11.8. The fourth-order valence-corrected chi connectivity index (χ4v) is 2.11. The van der Waals surface area contributed by atoms with Crippen LogP contribution in [-0.4, -0.2) is 53.4 Å². The highest BCUT2D eigenvalue weighted by molar-refractivity contribution is 5.92. The predicted molar refractivity (Wildman–Crippen MR) is 94.6 cm³/mol. The average molecular weight is 347 g/mol. The molecule has 134 valence electrons. The normalized spacial score (nSPS) is 12.1. The largest absolute Gasteiger partial charge is 0.368 e. The third-order valence-electron chi connectivity index (χ3n) is 3.59. The monoisotopic (exact) mass is 347 g/mol. The van der Waals surface area contributed by atoms with Gasteiger partial charge >= 0.3 is 0 Å². The lowest BCUT2D eigenvalue weighted by Gasteiger charge is -2.23. The van der Waals surface area contributed by atoms with E-state index in [0.717, 1.165) is 0 Å². The van der Waals surface area contributed by atoms with Gasteiger partial charge in [-0.1, -0.05) is 6.07 Å². The lowest BCUT2D eigenvalue weighted by Crippen LogP contribution is -2.33. The van der Waals surface area contributed by atoms with Crippen molar-refractivity contribution in [2.24, 2.45) is 0 Å². The van der Waals surface area contributed by atoms with E-state index in [4.69, 9.17) is 5.73 Å². The van der Waals surface area contributed by atoms with Crippen LogP contribution in [0, 0.1) is 5.82 Å². The van der Waals surface area contributed by atoms with Crippen molar-refractivity contribution in [1.82, 2.24) is 19.9 Å². The van der Waals surface area contributed by atoms with Crippen LogP contribution in [0.1, 0.15) is 18.8 Å². The number of aromatic nitrogens is 3. The van der Waals surface area contributed by atoms with Gasteiger partial charge in [-0.25, -0.2) is 4.39 Å². The molecule has 0 aliphatic rings. The number of nitrogens with one attached hydrogen (secondary N) is 1. The van der Waals surface area contributed by atoms with Crippen LogP contribution in [0.4, 0.5) is 22.0 Å². The number of halogens is 1. The van der Waals surface area contributed by atoms with Crippen LogP contribution in [0.5, 0.6) is 0 Å². The van der Waals surface area contributed by atoms with E-state index in [0.29, 0.717) is 17.5 Å². The number of nitrogens with two attached hydrogens (primary N) is 1. The van der Waals surface area contributed by atoms with Crippen molar-refractivity contribution in [3.05, 3.63) is 35.9 Å². The van der Waals surface area contributed by atoms with Crippen LogP contribution in [0.25, 0.3) is 0 Å². The molecule has 0 spiro atoms. The van der Waals surface area contributed by atoms with Crippen LogP contribution < -0.4 is 16.0 Å². The Morgan fingerprint density at radius 1 is 1.28 bits per heavy atom. The molecule has 0 radical (unpaired) electrons. The molecule has 0 saturated heterocycles. The Morgan fingerprint density at radius 2 is 2.00 bits per heavy atom. The van der Waals surface area contributed by atoms with Gasteiger partial charge in [0.05, 0.1) is 12.6 Å². The minimum Gasteiger partial charge on any atom is -0.368 e. The summed E-state index contributed by atoms with van der Waals surface area (Å²) in [6.07, 6.45) is 0. The fourth-order valence-electron chi connectivity index (χ4n) is 2.11. The molecule has 2 rings (SSSR count). The Morgan fingerprint density at radius 3 is 2.64 bits per heavy atom. The van der Waals surface area contributed by atoms with Crippen molar-refractivity contribution in [3.8, 4) is 0 Å². The number of carbonyl (C=O) groups is 1. The number of anilines is 3. The lowest BCUT2D eigenvalue weighted by molar-refractivity contribution is -0.117. The zero-order valence-corrected chi connectivity index (χ0v) is 14.7. The fraction of sp³-hybridized carbons (Fsp3) is 0.375. The van der Waals surface area contributed by atoms with Crippen LogP contribution >= 0.6 is 0 Å². The molecule has 2 aromatic rings. The topological polar surface area (TPSA) is 100 Å². The van der Waals surface area contributed by atoms with Crippen LogP contribution in [0.2, 0.25) is 0 Å². The number of amides is 1. The predicted octanol–water partition coefficient (Wildman–Crippen LogP) is 1.29. The molecular formula is C16H22FN7O. The van der Waals surface area contributed by atoms with E-state index < -0.39 is 5.82 Å². The summed E-state index contributed by atoms with van der Waals surface area (Å²) in [6.45, 7) is 1.95. The molecule has 0 aliphatic heterocycles. The first-order valence-electron chi connectivity index (χ1n) is 7.70. The number of rotatable bonds is 6. The van der Waals surface area contributed by atoms with E-state index >= 15 is 0 Å². The summed E-state index contributed by atoms with van der Waals surface area (Å²) in [4.78, 5) is 28.2. The van der Waals surface area contributed by atoms with Gasteiger partial charge in [0.2, 0.25) is 17.8 Å². The quantitative estimate of drug-likeness (QED) is 0.812. The van der Waals surface area contributed by atoms with E-state index in [-0.39, 0.29) is 24.4 Å². The smallest absolute Gasteiger partial charge is 0.238 e. The van der Waals surface area contributed by atoms with Crippen molar-refractivity contribution in [3.63, 3.8) is 0 Å².